The van der Waals surface area contributed by atoms with Gasteiger partial charge in [0.15, 0.2) is 0 Å². The summed E-state index contributed by atoms with van der Waals surface area (Å²) in [5, 5.41) is 13.6. The molecule has 0 unspecified atom stereocenters. The van der Waals surface area contributed by atoms with Gasteiger partial charge in [-0.05, 0) is 17.5 Å². The number of aromatic hydroxyl groups is 1. The molecule has 0 saturated carbocycles. The van der Waals surface area contributed by atoms with Crippen molar-refractivity contribution < 1.29 is 14.7 Å². The Morgan fingerprint density at radius 2 is 2.13 bits per heavy atom. The lowest BCUT2D eigenvalue weighted by Crippen LogP contribution is -2.24. The molecule has 1 aromatic heterocycles. The molecule has 2 aromatic rings. The monoisotopic (exact) mass is 330 g/mol. The van der Waals surface area contributed by atoms with E-state index in [-0.39, 0.29) is 17.6 Å². The van der Waals surface area contributed by atoms with Crippen LogP contribution in [0.2, 0.25) is 0 Å². The Hall–Kier alpha value is -2.34. The highest BCUT2D eigenvalue weighted by Gasteiger charge is 2.19. The van der Waals surface area contributed by atoms with Gasteiger partial charge in [0.2, 0.25) is 5.91 Å². The van der Waals surface area contributed by atoms with E-state index in [0.717, 1.165) is 24.1 Å². The van der Waals surface area contributed by atoms with E-state index in [1.165, 1.54) is 22.8 Å². The van der Waals surface area contributed by atoms with E-state index in [9.17, 15) is 14.7 Å². The normalized spacial score (nSPS) is 14.3. The van der Waals surface area contributed by atoms with Crippen LogP contribution in [0.15, 0.2) is 35.7 Å². The molecule has 0 atom stereocenters. The molecule has 5 nitrogen and oxygen atoms in total. The van der Waals surface area contributed by atoms with Crippen LogP contribution in [0.25, 0.3) is 0 Å². The van der Waals surface area contributed by atoms with Crippen LogP contribution in [-0.4, -0.2) is 28.4 Å². The van der Waals surface area contributed by atoms with Crippen molar-refractivity contribution in [3.8, 4) is 5.75 Å². The fourth-order valence-corrected chi connectivity index (χ4v) is 3.33. The van der Waals surface area contributed by atoms with Gasteiger partial charge in [0.05, 0.1) is 4.88 Å². The second-order valence-corrected chi connectivity index (χ2v) is 6.50. The van der Waals surface area contributed by atoms with Crippen molar-refractivity contribution >= 4 is 23.2 Å². The number of likely N-dealkylation sites (tertiary alicyclic amines) is 1. The predicted molar refractivity (Wildman–Crippen MR) is 88.2 cm³/mol. The number of nitrogens with zero attached hydrogens (tertiary/aromatic N) is 1. The Kier molecular flexibility index (Phi) is 4.62. The molecule has 23 heavy (non-hydrogen) atoms. The average Bonchev–Trinajstić information content (AvgIpc) is 3.15. The molecule has 0 aliphatic carbocycles. The van der Waals surface area contributed by atoms with Crippen molar-refractivity contribution in [1.82, 2.24) is 10.2 Å². The van der Waals surface area contributed by atoms with Crippen molar-refractivity contribution in [2.24, 2.45) is 0 Å². The van der Waals surface area contributed by atoms with E-state index in [0.29, 0.717) is 24.4 Å². The van der Waals surface area contributed by atoms with Gasteiger partial charge in [-0.3, -0.25) is 9.59 Å². The number of hydrogen-bond donors (Lipinski definition) is 2. The molecular weight excluding hydrogens is 312 g/mol. The van der Waals surface area contributed by atoms with Gasteiger partial charge in [-0.25, -0.2) is 0 Å². The number of carbonyl (C=O) groups is 2. The first kappa shape index (κ1) is 15.6. The standard InChI is InChI=1S/C17H18N2O3S/c20-14-8-15(23-11-14)17(22)18-9-12-3-1-4-13(7-12)10-19-6-2-5-16(19)21/h1,3-4,7-8,11,20H,2,5-6,9-10H2,(H,18,22). The highest BCUT2D eigenvalue weighted by atomic mass is 32.1. The maximum absolute atomic E-state index is 12.0. The fraction of sp³-hybridized carbons (Fsp3) is 0.294. The lowest BCUT2D eigenvalue weighted by Gasteiger charge is -2.16. The SMILES string of the molecule is O=C(NCc1cccc(CN2CCCC2=O)c1)c1cc(O)cs1. The van der Waals surface area contributed by atoms with Crippen molar-refractivity contribution in [2.75, 3.05) is 6.54 Å². The fourth-order valence-electron chi connectivity index (χ4n) is 2.64. The lowest BCUT2D eigenvalue weighted by molar-refractivity contribution is -0.128. The van der Waals surface area contributed by atoms with Crippen LogP contribution in [0.5, 0.6) is 5.75 Å². The molecule has 2 amide bonds. The molecule has 1 aliphatic rings. The first-order valence-corrected chi connectivity index (χ1v) is 8.41. The first-order valence-electron chi connectivity index (χ1n) is 7.53. The van der Waals surface area contributed by atoms with Crippen LogP contribution in [0.1, 0.15) is 33.6 Å². The van der Waals surface area contributed by atoms with Crippen molar-refractivity contribution in [1.29, 1.82) is 0 Å². The minimum absolute atomic E-state index is 0.109. The Labute approximate surface area is 138 Å². The van der Waals surface area contributed by atoms with Crippen molar-refractivity contribution in [3.63, 3.8) is 0 Å². The van der Waals surface area contributed by atoms with Gasteiger partial charge < -0.3 is 15.3 Å². The quantitative estimate of drug-likeness (QED) is 0.885. The van der Waals surface area contributed by atoms with Crippen molar-refractivity contribution in [3.05, 3.63) is 51.7 Å². The highest BCUT2D eigenvalue weighted by Crippen LogP contribution is 2.20. The number of hydrogen-bond acceptors (Lipinski definition) is 4. The van der Waals surface area contributed by atoms with Crippen LogP contribution in [-0.2, 0) is 17.9 Å². The molecular formula is C17H18N2O3S. The zero-order valence-corrected chi connectivity index (χ0v) is 13.4. The topological polar surface area (TPSA) is 69.6 Å². The summed E-state index contributed by atoms with van der Waals surface area (Å²) in [6, 6.07) is 9.34. The molecule has 2 heterocycles. The van der Waals surface area contributed by atoms with Crippen LogP contribution in [0, 0.1) is 0 Å². The summed E-state index contributed by atoms with van der Waals surface area (Å²) in [7, 11) is 0. The molecule has 120 valence electrons. The van der Waals surface area contributed by atoms with Gasteiger partial charge in [0.25, 0.3) is 5.91 Å². The maximum Gasteiger partial charge on any atom is 0.261 e. The van der Waals surface area contributed by atoms with Crippen LogP contribution >= 0.6 is 11.3 Å². The molecule has 0 spiro atoms. The largest absolute Gasteiger partial charge is 0.507 e. The first-order chi connectivity index (χ1) is 11.1. The summed E-state index contributed by atoms with van der Waals surface area (Å²) in [5.41, 5.74) is 2.06. The van der Waals surface area contributed by atoms with E-state index < -0.39 is 0 Å². The van der Waals surface area contributed by atoms with Crippen LogP contribution in [0.4, 0.5) is 0 Å². The summed E-state index contributed by atoms with van der Waals surface area (Å²) < 4.78 is 0. The summed E-state index contributed by atoms with van der Waals surface area (Å²) in [6.07, 6.45) is 1.58. The molecule has 0 bridgehead atoms. The summed E-state index contributed by atoms with van der Waals surface area (Å²) >= 11 is 1.21. The molecule has 1 aliphatic heterocycles. The third kappa shape index (κ3) is 3.90. The average molecular weight is 330 g/mol. The molecule has 6 heteroatoms. The van der Waals surface area contributed by atoms with Crippen LogP contribution in [0.3, 0.4) is 0 Å². The van der Waals surface area contributed by atoms with E-state index >= 15 is 0 Å². The zero-order valence-electron chi connectivity index (χ0n) is 12.6. The van der Waals surface area contributed by atoms with Gasteiger partial charge in [0.1, 0.15) is 5.75 Å². The van der Waals surface area contributed by atoms with E-state index in [2.05, 4.69) is 5.32 Å². The molecule has 1 fully saturated rings. The molecule has 1 aromatic carbocycles. The number of rotatable bonds is 5. The van der Waals surface area contributed by atoms with E-state index in [1.54, 1.807) is 0 Å². The highest BCUT2D eigenvalue weighted by molar-refractivity contribution is 7.12. The molecule has 2 N–H and O–H groups in total. The molecule has 3 rings (SSSR count). The maximum atomic E-state index is 12.0. The minimum atomic E-state index is -0.199. The third-order valence-electron chi connectivity index (χ3n) is 3.80. The summed E-state index contributed by atoms with van der Waals surface area (Å²) in [4.78, 5) is 26.0. The Morgan fingerprint density at radius 3 is 2.83 bits per heavy atom. The number of amides is 2. The Morgan fingerprint density at radius 1 is 1.30 bits per heavy atom. The third-order valence-corrected chi connectivity index (χ3v) is 4.72. The predicted octanol–water partition coefficient (Wildman–Crippen LogP) is 2.51. The summed E-state index contributed by atoms with van der Waals surface area (Å²) in [6.45, 7) is 1.86. The molecule has 0 radical (unpaired) electrons. The van der Waals surface area contributed by atoms with E-state index in [4.69, 9.17) is 0 Å². The Balaban J connectivity index is 1.59. The molecule has 1 saturated heterocycles. The van der Waals surface area contributed by atoms with Gasteiger partial charge in [-0.1, -0.05) is 24.3 Å². The zero-order chi connectivity index (χ0) is 16.2. The smallest absolute Gasteiger partial charge is 0.261 e. The van der Waals surface area contributed by atoms with Crippen LogP contribution < -0.4 is 5.32 Å². The summed E-state index contributed by atoms with van der Waals surface area (Å²) in [5.74, 6) is 0.120. The number of carbonyl (C=O) groups excluding carboxylic acids is 2. The van der Waals surface area contributed by atoms with Gasteiger partial charge in [-0.2, -0.15) is 0 Å². The number of thiophene rings is 1. The van der Waals surface area contributed by atoms with Crippen molar-refractivity contribution in [2.45, 2.75) is 25.9 Å². The van der Waals surface area contributed by atoms with E-state index in [1.807, 2.05) is 29.2 Å². The lowest BCUT2D eigenvalue weighted by atomic mass is 10.1. The second kappa shape index (κ2) is 6.83. The number of nitrogens with one attached hydrogen (secondary N) is 1. The Bertz CT molecular complexity index is 726. The van der Waals surface area contributed by atoms with Gasteiger partial charge in [-0.15, -0.1) is 11.3 Å². The van der Waals surface area contributed by atoms with Gasteiger partial charge >= 0.3 is 0 Å². The van der Waals surface area contributed by atoms with Gasteiger partial charge in [0, 0.05) is 37.5 Å². The number of benzene rings is 1. The second-order valence-electron chi connectivity index (χ2n) is 5.59. The minimum Gasteiger partial charge on any atom is -0.507 e.